The Morgan fingerprint density at radius 1 is 1.00 bits per heavy atom. The smallest absolute Gasteiger partial charge is 0.150 e. The maximum absolute atomic E-state index is 10.7. The third-order valence-corrected chi connectivity index (χ3v) is 3.14. The summed E-state index contributed by atoms with van der Waals surface area (Å²) in [5.74, 6) is 1.63. The maximum atomic E-state index is 10.7. The molecule has 0 aliphatic rings. The molecule has 0 amide bonds. The van der Waals surface area contributed by atoms with Crippen LogP contribution in [0.25, 0.3) is 0 Å². The number of hydrogen-bond donors (Lipinski definition) is 0. The largest absolute Gasteiger partial charge is 0.493 e. The number of hydrogen-bond acceptors (Lipinski definition) is 3. The molecule has 0 aromatic heterocycles. The Morgan fingerprint density at radius 2 is 1.81 bits per heavy atom. The minimum Gasteiger partial charge on any atom is -0.493 e. The highest BCUT2D eigenvalue weighted by molar-refractivity contribution is 5.75. The van der Waals surface area contributed by atoms with Gasteiger partial charge in [-0.05, 0) is 37.6 Å². The van der Waals surface area contributed by atoms with Crippen LogP contribution in [0.5, 0.6) is 11.5 Å². The van der Waals surface area contributed by atoms with E-state index in [1.165, 1.54) is 5.56 Å². The first-order chi connectivity index (χ1) is 10.2. The first-order valence-corrected chi connectivity index (χ1v) is 7.07. The molecule has 0 atom stereocenters. The van der Waals surface area contributed by atoms with Crippen LogP contribution in [0.1, 0.15) is 27.9 Å². The van der Waals surface area contributed by atoms with Crippen LogP contribution in [0.3, 0.4) is 0 Å². The summed E-state index contributed by atoms with van der Waals surface area (Å²) in [6, 6.07) is 13.3. The molecule has 2 aromatic rings. The fraction of sp³-hybridized carbons (Fsp3) is 0.278. The zero-order valence-corrected chi connectivity index (χ0v) is 12.5. The molecular weight excluding hydrogens is 264 g/mol. The van der Waals surface area contributed by atoms with Crippen LogP contribution in [0.15, 0.2) is 42.5 Å². The van der Waals surface area contributed by atoms with Crippen molar-refractivity contribution < 1.29 is 14.3 Å². The SMILES string of the molecule is Cc1ccc(OCCCOc2cccc(C=O)c2)c(C)c1. The van der Waals surface area contributed by atoms with Gasteiger partial charge in [0.2, 0.25) is 0 Å². The van der Waals surface area contributed by atoms with E-state index in [2.05, 4.69) is 13.0 Å². The molecule has 0 bridgehead atoms. The normalized spacial score (nSPS) is 10.2. The number of aldehydes is 1. The van der Waals surface area contributed by atoms with Gasteiger partial charge in [0.25, 0.3) is 0 Å². The molecule has 0 saturated carbocycles. The number of aryl methyl sites for hydroxylation is 2. The summed E-state index contributed by atoms with van der Waals surface area (Å²) < 4.78 is 11.3. The topological polar surface area (TPSA) is 35.5 Å². The van der Waals surface area contributed by atoms with Gasteiger partial charge in [0.05, 0.1) is 13.2 Å². The lowest BCUT2D eigenvalue weighted by atomic mass is 10.1. The predicted octanol–water partition coefficient (Wildman–Crippen LogP) is 3.96. The highest BCUT2D eigenvalue weighted by Crippen LogP contribution is 2.19. The Kier molecular flexibility index (Phi) is 5.38. The van der Waals surface area contributed by atoms with Crippen molar-refractivity contribution in [2.75, 3.05) is 13.2 Å². The van der Waals surface area contributed by atoms with Gasteiger partial charge in [-0.2, -0.15) is 0 Å². The van der Waals surface area contributed by atoms with E-state index in [0.29, 0.717) is 24.5 Å². The minimum absolute atomic E-state index is 0.563. The zero-order chi connectivity index (χ0) is 15.1. The molecular formula is C18H20O3. The lowest BCUT2D eigenvalue weighted by Crippen LogP contribution is -2.05. The Bertz CT molecular complexity index is 605. The van der Waals surface area contributed by atoms with E-state index in [-0.39, 0.29) is 0 Å². The van der Waals surface area contributed by atoms with Gasteiger partial charge in [-0.15, -0.1) is 0 Å². The molecule has 0 aliphatic carbocycles. The maximum Gasteiger partial charge on any atom is 0.150 e. The van der Waals surface area contributed by atoms with E-state index in [9.17, 15) is 4.79 Å². The van der Waals surface area contributed by atoms with Crippen LogP contribution in [-0.2, 0) is 0 Å². The summed E-state index contributed by atoms with van der Waals surface area (Å²) in [5, 5.41) is 0. The summed E-state index contributed by atoms with van der Waals surface area (Å²) in [6.07, 6.45) is 1.61. The average molecular weight is 284 g/mol. The molecule has 2 aromatic carbocycles. The molecule has 0 spiro atoms. The first kappa shape index (κ1) is 15.1. The molecule has 0 N–H and O–H groups in total. The Balaban J connectivity index is 1.73. The second-order valence-electron chi connectivity index (χ2n) is 5.01. The highest BCUT2D eigenvalue weighted by atomic mass is 16.5. The number of carbonyl (C=O) groups is 1. The average Bonchev–Trinajstić information content (AvgIpc) is 2.49. The summed E-state index contributed by atoms with van der Waals surface area (Å²) in [6.45, 7) is 5.28. The third kappa shape index (κ3) is 4.63. The van der Waals surface area contributed by atoms with Crippen molar-refractivity contribution in [2.24, 2.45) is 0 Å². The third-order valence-electron chi connectivity index (χ3n) is 3.14. The summed E-state index contributed by atoms with van der Waals surface area (Å²) in [7, 11) is 0. The summed E-state index contributed by atoms with van der Waals surface area (Å²) >= 11 is 0. The van der Waals surface area contributed by atoms with Gasteiger partial charge >= 0.3 is 0 Å². The zero-order valence-electron chi connectivity index (χ0n) is 12.5. The van der Waals surface area contributed by atoms with Crippen molar-refractivity contribution in [3.05, 3.63) is 59.2 Å². The van der Waals surface area contributed by atoms with E-state index in [1.807, 2.05) is 31.2 Å². The molecule has 0 aliphatic heterocycles. The van der Waals surface area contributed by atoms with E-state index in [1.54, 1.807) is 12.1 Å². The number of rotatable bonds is 7. The second kappa shape index (κ2) is 7.48. The van der Waals surface area contributed by atoms with Gasteiger partial charge in [0.1, 0.15) is 17.8 Å². The number of ether oxygens (including phenoxy) is 2. The fourth-order valence-electron chi connectivity index (χ4n) is 2.07. The molecule has 0 saturated heterocycles. The van der Waals surface area contributed by atoms with Crippen LogP contribution < -0.4 is 9.47 Å². The molecule has 2 rings (SSSR count). The molecule has 110 valence electrons. The van der Waals surface area contributed by atoms with Crippen LogP contribution >= 0.6 is 0 Å². The monoisotopic (exact) mass is 284 g/mol. The van der Waals surface area contributed by atoms with E-state index < -0.39 is 0 Å². The van der Waals surface area contributed by atoms with Gasteiger partial charge in [-0.25, -0.2) is 0 Å². The minimum atomic E-state index is 0.563. The fourth-order valence-corrected chi connectivity index (χ4v) is 2.07. The molecule has 3 nitrogen and oxygen atoms in total. The quantitative estimate of drug-likeness (QED) is 0.570. The van der Waals surface area contributed by atoms with Crippen molar-refractivity contribution >= 4 is 6.29 Å². The van der Waals surface area contributed by atoms with Gasteiger partial charge < -0.3 is 9.47 Å². The van der Waals surface area contributed by atoms with Gasteiger partial charge in [0.15, 0.2) is 0 Å². The lowest BCUT2D eigenvalue weighted by molar-refractivity contribution is 0.112. The van der Waals surface area contributed by atoms with Gasteiger partial charge in [-0.3, -0.25) is 4.79 Å². The van der Waals surface area contributed by atoms with Crippen molar-refractivity contribution in [3.63, 3.8) is 0 Å². The van der Waals surface area contributed by atoms with E-state index in [4.69, 9.17) is 9.47 Å². The van der Waals surface area contributed by atoms with Crippen molar-refractivity contribution in [2.45, 2.75) is 20.3 Å². The van der Waals surface area contributed by atoms with E-state index >= 15 is 0 Å². The Labute approximate surface area is 125 Å². The molecule has 0 radical (unpaired) electrons. The molecule has 3 heteroatoms. The van der Waals surface area contributed by atoms with Crippen molar-refractivity contribution in [1.29, 1.82) is 0 Å². The summed E-state index contributed by atoms with van der Waals surface area (Å²) in [5.41, 5.74) is 3.01. The number of benzene rings is 2. The van der Waals surface area contributed by atoms with Crippen LogP contribution in [0.2, 0.25) is 0 Å². The standard InChI is InChI=1S/C18H20O3/c1-14-7-8-18(15(2)11-14)21-10-4-9-20-17-6-3-5-16(12-17)13-19/h3,5-8,11-13H,4,9-10H2,1-2H3. The van der Waals surface area contributed by atoms with Gasteiger partial charge in [0, 0.05) is 12.0 Å². The second-order valence-corrected chi connectivity index (χ2v) is 5.01. The Hall–Kier alpha value is -2.29. The van der Waals surface area contributed by atoms with Crippen molar-refractivity contribution in [1.82, 2.24) is 0 Å². The van der Waals surface area contributed by atoms with Gasteiger partial charge in [-0.1, -0.05) is 29.8 Å². The molecule has 0 heterocycles. The van der Waals surface area contributed by atoms with E-state index in [0.717, 1.165) is 24.0 Å². The van der Waals surface area contributed by atoms with Crippen LogP contribution in [0.4, 0.5) is 0 Å². The Morgan fingerprint density at radius 3 is 2.57 bits per heavy atom. The van der Waals surface area contributed by atoms with Crippen LogP contribution in [0, 0.1) is 13.8 Å². The number of carbonyl (C=O) groups excluding carboxylic acids is 1. The van der Waals surface area contributed by atoms with Crippen LogP contribution in [-0.4, -0.2) is 19.5 Å². The molecule has 0 unspecified atom stereocenters. The first-order valence-electron chi connectivity index (χ1n) is 7.07. The summed E-state index contributed by atoms with van der Waals surface area (Å²) in [4.78, 5) is 10.7. The molecule has 21 heavy (non-hydrogen) atoms. The predicted molar refractivity (Wildman–Crippen MR) is 83.4 cm³/mol. The van der Waals surface area contributed by atoms with Crippen molar-refractivity contribution in [3.8, 4) is 11.5 Å². The molecule has 0 fully saturated rings. The highest BCUT2D eigenvalue weighted by Gasteiger charge is 2.00. The lowest BCUT2D eigenvalue weighted by Gasteiger charge is -2.10.